The SMILES string of the molecule is CCOC(=O)c1c(-c2ccc(C#N)cc2)nc2c(-c3ccc(Cl)cc3Cl)c(C)[nH]n2c1=O. The summed E-state index contributed by atoms with van der Waals surface area (Å²) < 4.78 is 6.33. The van der Waals surface area contributed by atoms with Crippen LogP contribution >= 0.6 is 23.2 Å². The van der Waals surface area contributed by atoms with Gasteiger partial charge >= 0.3 is 5.97 Å². The van der Waals surface area contributed by atoms with Crippen molar-refractivity contribution in [2.75, 3.05) is 6.61 Å². The monoisotopic (exact) mass is 466 g/mol. The van der Waals surface area contributed by atoms with E-state index < -0.39 is 11.5 Å². The third-order valence-electron chi connectivity index (χ3n) is 4.93. The number of fused-ring (bicyclic) bond motifs is 1. The molecular weight excluding hydrogens is 451 g/mol. The molecule has 0 aliphatic rings. The minimum Gasteiger partial charge on any atom is -0.462 e. The normalized spacial score (nSPS) is 10.8. The molecule has 0 saturated heterocycles. The summed E-state index contributed by atoms with van der Waals surface area (Å²) in [5.74, 6) is -0.780. The van der Waals surface area contributed by atoms with E-state index in [1.165, 1.54) is 4.52 Å². The van der Waals surface area contributed by atoms with Crippen LogP contribution in [-0.2, 0) is 4.74 Å². The molecule has 1 N–H and O–H groups in total. The molecule has 0 atom stereocenters. The average molecular weight is 467 g/mol. The maximum atomic E-state index is 13.4. The van der Waals surface area contributed by atoms with Crippen molar-refractivity contribution in [1.82, 2.24) is 14.6 Å². The Labute approximate surface area is 192 Å². The quantitative estimate of drug-likeness (QED) is 0.425. The molecule has 0 unspecified atom stereocenters. The number of hydrogen-bond donors (Lipinski definition) is 1. The van der Waals surface area contributed by atoms with E-state index in [1.807, 2.05) is 6.07 Å². The highest BCUT2D eigenvalue weighted by Crippen LogP contribution is 2.35. The Morgan fingerprint density at radius 1 is 1.22 bits per heavy atom. The summed E-state index contributed by atoms with van der Waals surface area (Å²) in [6.07, 6.45) is 0. The van der Waals surface area contributed by atoms with E-state index in [9.17, 15) is 9.59 Å². The number of benzene rings is 2. The highest BCUT2D eigenvalue weighted by Gasteiger charge is 2.26. The maximum Gasteiger partial charge on any atom is 0.346 e. The summed E-state index contributed by atoms with van der Waals surface area (Å²) in [5.41, 5.74) is 2.45. The van der Waals surface area contributed by atoms with Crippen molar-refractivity contribution in [3.8, 4) is 28.5 Å². The molecule has 0 spiro atoms. The summed E-state index contributed by atoms with van der Waals surface area (Å²) in [6, 6.07) is 13.5. The van der Waals surface area contributed by atoms with E-state index in [0.29, 0.717) is 43.6 Å². The standard InChI is InChI=1S/C23H16Cl2N4O3/c1-3-32-23(31)19-20(14-6-4-13(11-26)5-7-14)27-21-18(12(2)28-29(21)22(19)30)16-9-8-15(24)10-17(16)25/h4-10,28H,3H2,1-2H3. The molecule has 0 aliphatic carbocycles. The number of nitriles is 1. The van der Waals surface area contributed by atoms with Crippen molar-refractivity contribution in [3.63, 3.8) is 0 Å². The number of nitrogens with zero attached hydrogens (tertiary/aromatic N) is 3. The highest BCUT2D eigenvalue weighted by molar-refractivity contribution is 6.36. The smallest absolute Gasteiger partial charge is 0.346 e. The lowest BCUT2D eigenvalue weighted by atomic mass is 10.0. The van der Waals surface area contributed by atoms with Crippen molar-refractivity contribution < 1.29 is 9.53 Å². The second-order valence-corrected chi connectivity index (χ2v) is 7.79. The Balaban J connectivity index is 2.08. The molecular formula is C23H16Cl2N4O3. The van der Waals surface area contributed by atoms with E-state index in [2.05, 4.69) is 10.1 Å². The van der Waals surface area contributed by atoms with E-state index in [4.69, 9.17) is 33.2 Å². The van der Waals surface area contributed by atoms with Gasteiger partial charge in [0.2, 0.25) is 0 Å². The maximum absolute atomic E-state index is 13.4. The Morgan fingerprint density at radius 2 is 1.94 bits per heavy atom. The van der Waals surface area contributed by atoms with E-state index in [1.54, 1.807) is 56.3 Å². The largest absolute Gasteiger partial charge is 0.462 e. The number of hydrogen-bond acceptors (Lipinski definition) is 5. The number of nitrogens with one attached hydrogen (secondary N) is 1. The number of ether oxygens (including phenoxy) is 1. The van der Waals surface area contributed by atoms with Crippen LogP contribution in [0.3, 0.4) is 0 Å². The predicted molar refractivity (Wildman–Crippen MR) is 122 cm³/mol. The van der Waals surface area contributed by atoms with Crippen LogP contribution in [0.2, 0.25) is 10.0 Å². The van der Waals surface area contributed by atoms with Gasteiger partial charge in [0.1, 0.15) is 0 Å². The molecule has 2 aromatic heterocycles. The summed E-state index contributed by atoms with van der Waals surface area (Å²) in [5, 5.41) is 12.9. The third kappa shape index (κ3) is 3.64. The third-order valence-corrected chi connectivity index (χ3v) is 5.48. The number of carbonyl (C=O) groups is 1. The van der Waals surface area contributed by atoms with Crippen molar-refractivity contribution in [3.05, 3.63) is 79.7 Å². The van der Waals surface area contributed by atoms with Gasteiger partial charge in [0, 0.05) is 27.4 Å². The van der Waals surface area contributed by atoms with Crippen LogP contribution in [0.4, 0.5) is 0 Å². The molecule has 0 aliphatic heterocycles. The zero-order chi connectivity index (χ0) is 23.0. The topological polar surface area (TPSA) is 100 Å². The first-order valence-corrected chi connectivity index (χ1v) is 10.4. The Hall–Kier alpha value is -3.60. The minimum absolute atomic E-state index is 0.100. The van der Waals surface area contributed by atoms with Crippen LogP contribution in [0.15, 0.2) is 47.3 Å². The number of esters is 1. The van der Waals surface area contributed by atoms with Crippen LogP contribution in [-0.4, -0.2) is 27.2 Å². The molecule has 0 amide bonds. The molecule has 0 saturated carbocycles. The molecule has 32 heavy (non-hydrogen) atoms. The zero-order valence-electron chi connectivity index (χ0n) is 17.1. The van der Waals surface area contributed by atoms with Crippen molar-refractivity contribution in [2.45, 2.75) is 13.8 Å². The second-order valence-electron chi connectivity index (χ2n) is 6.95. The molecule has 4 rings (SSSR count). The average Bonchev–Trinajstić information content (AvgIpc) is 3.10. The number of aromatic amines is 1. The molecule has 160 valence electrons. The highest BCUT2D eigenvalue weighted by atomic mass is 35.5. The Bertz CT molecular complexity index is 1460. The van der Waals surface area contributed by atoms with E-state index in [0.717, 1.165) is 0 Å². The summed E-state index contributed by atoms with van der Waals surface area (Å²) >= 11 is 12.5. The van der Waals surface area contributed by atoms with E-state index >= 15 is 0 Å². The fourth-order valence-corrected chi connectivity index (χ4v) is 4.00. The van der Waals surface area contributed by atoms with Crippen LogP contribution in [0.5, 0.6) is 0 Å². The fraction of sp³-hybridized carbons (Fsp3) is 0.130. The lowest BCUT2D eigenvalue weighted by Crippen LogP contribution is -2.26. The number of halogens is 2. The van der Waals surface area contributed by atoms with Crippen molar-refractivity contribution >= 4 is 34.8 Å². The molecule has 4 aromatic rings. The summed E-state index contributed by atoms with van der Waals surface area (Å²) in [4.78, 5) is 30.8. The fourth-order valence-electron chi connectivity index (χ4n) is 3.50. The van der Waals surface area contributed by atoms with Gasteiger partial charge in [0.25, 0.3) is 5.56 Å². The number of rotatable bonds is 4. The molecule has 9 heteroatoms. The van der Waals surface area contributed by atoms with Gasteiger partial charge in [-0.25, -0.2) is 14.3 Å². The van der Waals surface area contributed by atoms with Crippen LogP contribution in [0, 0.1) is 18.3 Å². The summed E-state index contributed by atoms with van der Waals surface area (Å²) in [7, 11) is 0. The number of aromatic nitrogens is 3. The number of aryl methyl sites for hydroxylation is 1. The first kappa shape index (κ1) is 21.6. The summed E-state index contributed by atoms with van der Waals surface area (Å²) in [6.45, 7) is 3.53. The molecule has 7 nitrogen and oxygen atoms in total. The number of carbonyl (C=O) groups excluding carboxylic acids is 1. The van der Waals surface area contributed by atoms with Gasteiger partial charge in [0.15, 0.2) is 11.2 Å². The van der Waals surface area contributed by atoms with Crippen LogP contribution in [0.25, 0.3) is 28.0 Å². The zero-order valence-corrected chi connectivity index (χ0v) is 18.6. The lowest BCUT2D eigenvalue weighted by Gasteiger charge is -2.10. The van der Waals surface area contributed by atoms with Gasteiger partial charge in [-0.2, -0.15) is 5.26 Å². The molecule has 2 aromatic carbocycles. The van der Waals surface area contributed by atoms with Gasteiger partial charge in [-0.15, -0.1) is 0 Å². The van der Waals surface area contributed by atoms with E-state index in [-0.39, 0.29) is 17.9 Å². The minimum atomic E-state index is -0.780. The Kier molecular flexibility index (Phi) is 5.74. The van der Waals surface area contributed by atoms with Gasteiger partial charge < -0.3 is 4.74 Å². The molecule has 0 bridgehead atoms. The molecule has 2 heterocycles. The Morgan fingerprint density at radius 3 is 2.56 bits per heavy atom. The van der Waals surface area contributed by atoms with Gasteiger partial charge in [-0.3, -0.25) is 9.89 Å². The van der Waals surface area contributed by atoms with Gasteiger partial charge in [0.05, 0.1) is 29.0 Å². The molecule has 0 fully saturated rings. The van der Waals surface area contributed by atoms with Crippen LogP contribution < -0.4 is 5.56 Å². The van der Waals surface area contributed by atoms with Crippen LogP contribution in [0.1, 0.15) is 28.5 Å². The second kappa shape index (κ2) is 8.50. The van der Waals surface area contributed by atoms with Crippen molar-refractivity contribution in [2.24, 2.45) is 0 Å². The predicted octanol–water partition coefficient (Wildman–Crippen LogP) is 5.02. The van der Waals surface area contributed by atoms with Gasteiger partial charge in [-0.05, 0) is 38.1 Å². The molecule has 0 radical (unpaired) electrons. The first-order chi connectivity index (χ1) is 15.3. The first-order valence-electron chi connectivity index (χ1n) is 9.64. The lowest BCUT2D eigenvalue weighted by molar-refractivity contribution is 0.0524. The van der Waals surface area contributed by atoms with Gasteiger partial charge in [-0.1, -0.05) is 41.4 Å². The number of H-pyrrole nitrogens is 1. The van der Waals surface area contributed by atoms with Crippen molar-refractivity contribution in [1.29, 1.82) is 5.26 Å².